The maximum Gasteiger partial charge on any atom is 0.323 e. The van der Waals surface area contributed by atoms with E-state index >= 15 is 0 Å². The lowest BCUT2D eigenvalue weighted by Gasteiger charge is -2.28. The number of nitrogens with one attached hydrogen (secondary N) is 1. The number of aliphatic carboxylic acids is 1. The van der Waals surface area contributed by atoms with Crippen LogP contribution in [0.25, 0.3) is 0 Å². The van der Waals surface area contributed by atoms with Crippen molar-refractivity contribution in [2.24, 2.45) is 0 Å². The monoisotopic (exact) mass is 331 g/mol. The van der Waals surface area contributed by atoms with Crippen LogP contribution in [-0.2, 0) is 11.2 Å². The van der Waals surface area contributed by atoms with Gasteiger partial charge in [0.25, 0.3) is 0 Å². The van der Waals surface area contributed by atoms with Crippen LogP contribution in [0, 0.1) is 0 Å². The number of thioether (sulfide) groups is 1. The van der Waals surface area contributed by atoms with Crippen molar-refractivity contribution in [3.05, 3.63) is 5.82 Å². The van der Waals surface area contributed by atoms with Gasteiger partial charge in [0.2, 0.25) is 0 Å². The van der Waals surface area contributed by atoms with Gasteiger partial charge in [0.15, 0.2) is 4.34 Å². The van der Waals surface area contributed by atoms with Crippen LogP contribution in [0.5, 0.6) is 0 Å². The van der Waals surface area contributed by atoms with Gasteiger partial charge in [-0.15, -0.1) is 0 Å². The summed E-state index contributed by atoms with van der Waals surface area (Å²) in [4.78, 5) is 15.8. The zero-order valence-corrected chi connectivity index (χ0v) is 14.8. The second-order valence-corrected chi connectivity index (χ2v) is 7.67. The largest absolute Gasteiger partial charge is 0.480 e. The van der Waals surface area contributed by atoms with Crippen molar-refractivity contribution in [3.8, 4) is 0 Å². The van der Waals surface area contributed by atoms with Gasteiger partial charge in [-0.25, -0.2) is 4.98 Å². The topological polar surface area (TPSA) is 75.1 Å². The highest BCUT2D eigenvalue weighted by atomic mass is 32.2. The van der Waals surface area contributed by atoms with Gasteiger partial charge in [-0.3, -0.25) is 10.1 Å². The molecule has 0 aliphatic carbocycles. The molecule has 0 bridgehead atoms. The van der Waals surface area contributed by atoms with Gasteiger partial charge >= 0.3 is 5.97 Å². The summed E-state index contributed by atoms with van der Waals surface area (Å²) in [5.74, 6) is 1.08. The van der Waals surface area contributed by atoms with Crippen molar-refractivity contribution in [1.82, 2.24) is 14.7 Å². The lowest BCUT2D eigenvalue weighted by atomic mass is 9.94. The number of unbranched alkanes of at least 4 members (excludes halogenated alkanes) is 1. The Morgan fingerprint density at radius 1 is 1.48 bits per heavy atom. The second-order valence-electron chi connectivity index (χ2n) is 5.57. The summed E-state index contributed by atoms with van der Waals surface area (Å²) in [7, 11) is 0. The molecule has 0 spiro atoms. The van der Waals surface area contributed by atoms with Gasteiger partial charge in [-0.2, -0.15) is 4.37 Å². The number of aryl methyl sites for hydroxylation is 1. The fourth-order valence-electron chi connectivity index (χ4n) is 2.06. The molecule has 5 nitrogen and oxygen atoms in total. The van der Waals surface area contributed by atoms with Crippen molar-refractivity contribution in [2.45, 2.75) is 69.3 Å². The summed E-state index contributed by atoms with van der Waals surface area (Å²) in [5, 5.41) is 12.5. The molecular formula is C14H25N3O2S2. The minimum absolute atomic E-state index is 0.161. The molecule has 7 heteroatoms. The molecular weight excluding hydrogens is 306 g/mol. The van der Waals surface area contributed by atoms with E-state index < -0.39 is 11.5 Å². The maximum absolute atomic E-state index is 11.4. The van der Waals surface area contributed by atoms with Crippen LogP contribution in [0.15, 0.2) is 4.34 Å². The molecule has 1 unspecified atom stereocenters. The Hall–Kier alpha value is -0.660. The highest BCUT2D eigenvalue weighted by Crippen LogP contribution is 2.23. The summed E-state index contributed by atoms with van der Waals surface area (Å²) in [5.41, 5.74) is -0.836. The number of aromatic nitrogens is 2. The van der Waals surface area contributed by atoms with E-state index in [-0.39, 0.29) is 6.04 Å². The summed E-state index contributed by atoms with van der Waals surface area (Å²) in [6.45, 7) is 7.75. The SMILES string of the molecule is CCc1nsc(SCCCCC(C)(NC(C)C)C(=O)O)n1. The summed E-state index contributed by atoms with van der Waals surface area (Å²) in [6.07, 6.45) is 3.37. The fraction of sp³-hybridized carbons (Fsp3) is 0.786. The first-order valence-corrected chi connectivity index (χ1v) is 9.09. The van der Waals surface area contributed by atoms with E-state index in [1.807, 2.05) is 20.8 Å². The van der Waals surface area contributed by atoms with E-state index in [4.69, 9.17) is 0 Å². The van der Waals surface area contributed by atoms with Gasteiger partial charge in [-0.05, 0) is 45.1 Å². The zero-order valence-electron chi connectivity index (χ0n) is 13.2. The molecule has 0 fully saturated rings. The third kappa shape index (κ3) is 6.32. The Morgan fingerprint density at radius 2 is 2.19 bits per heavy atom. The van der Waals surface area contributed by atoms with Crippen LogP contribution in [0.2, 0.25) is 0 Å². The number of rotatable bonds is 10. The lowest BCUT2D eigenvalue weighted by Crippen LogP contribution is -2.52. The molecule has 1 atom stereocenters. The molecule has 1 heterocycles. The van der Waals surface area contributed by atoms with Crippen LogP contribution >= 0.6 is 23.3 Å². The average molecular weight is 332 g/mol. The van der Waals surface area contributed by atoms with Crippen LogP contribution in [-0.4, -0.2) is 37.8 Å². The second kappa shape index (κ2) is 8.70. The summed E-state index contributed by atoms with van der Waals surface area (Å²) < 4.78 is 5.26. The van der Waals surface area contributed by atoms with Gasteiger partial charge < -0.3 is 5.11 Å². The molecule has 21 heavy (non-hydrogen) atoms. The van der Waals surface area contributed by atoms with Gasteiger partial charge in [-0.1, -0.05) is 25.1 Å². The third-order valence-corrected chi connectivity index (χ3v) is 5.10. The Bertz CT molecular complexity index is 451. The average Bonchev–Trinajstić information content (AvgIpc) is 2.85. The predicted octanol–water partition coefficient (Wildman–Crippen LogP) is 3.20. The van der Waals surface area contributed by atoms with E-state index in [0.717, 1.165) is 35.2 Å². The van der Waals surface area contributed by atoms with Crippen molar-refractivity contribution >= 4 is 29.3 Å². The van der Waals surface area contributed by atoms with Crippen LogP contribution < -0.4 is 5.32 Å². The molecule has 0 amide bonds. The molecule has 0 aromatic carbocycles. The summed E-state index contributed by atoms with van der Waals surface area (Å²) in [6, 6.07) is 0.161. The molecule has 1 aromatic rings. The van der Waals surface area contributed by atoms with E-state index in [1.54, 1.807) is 18.7 Å². The number of nitrogens with zero attached hydrogens (tertiary/aromatic N) is 2. The van der Waals surface area contributed by atoms with Crippen molar-refractivity contribution in [1.29, 1.82) is 0 Å². The molecule has 2 N–H and O–H groups in total. The molecule has 120 valence electrons. The number of hydrogen-bond acceptors (Lipinski definition) is 6. The van der Waals surface area contributed by atoms with E-state index in [1.165, 1.54) is 11.5 Å². The van der Waals surface area contributed by atoms with Crippen molar-refractivity contribution in [2.75, 3.05) is 5.75 Å². The Kier molecular flexibility index (Phi) is 7.62. The zero-order chi connectivity index (χ0) is 15.9. The molecule has 0 radical (unpaired) electrons. The fourth-order valence-corrected chi connectivity index (χ4v) is 3.82. The Labute approximate surface area is 135 Å². The number of carboxylic acid groups (broad SMARTS) is 1. The third-order valence-electron chi connectivity index (χ3n) is 3.14. The van der Waals surface area contributed by atoms with Crippen LogP contribution in [0.3, 0.4) is 0 Å². The molecule has 0 aliphatic rings. The Morgan fingerprint density at radius 3 is 2.71 bits per heavy atom. The molecule has 0 saturated heterocycles. The predicted molar refractivity (Wildman–Crippen MR) is 88.2 cm³/mol. The molecule has 1 rings (SSSR count). The minimum atomic E-state index is -0.836. The minimum Gasteiger partial charge on any atom is -0.480 e. The first kappa shape index (κ1) is 18.4. The standard InChI is InChI=1S/C14H25N3O2S2/c1-5-11-15-13(21-17-11)20-9-7-6-8-14(4,12(18)19)16-10(2)3/h10,16H,5-9H2,1-4H3,(H,18,19). The highest BCUT2D eigenvalue weighted by Gasteiger charge is 2.32. The van der Waals surface area contributed by atoms with Crippen LogP contribution in [0.4, 0.5) is 0 Å². The van der Waals surface area contributed by atoms with Gasteiger partial charge in [0.05, 0.1) is 0 Å². The van der Waals surface area contributed by atoms with Crippen LogP contribution in [0.1, 0.15) is 52.8 Å². The quantitative estimate of drug-likeness (QED) is 0.506. The van der Waals surface area contributed by atoms with Crippen molar-refractivity contribution in [3.63, 3.8) is 0 Å². The maximum atomic E-state index is 11.4. The van der Waals surface area contributed by atoms with E-state index in [2.05, 4.69) is 14.7 Å². The van der Waals surface area contributed by atoms with Crippen molar-refractivity contribution < 1.29 is 9.90 Å². The number of carboxylic acids is 1. The number of carbonyl (C=O) groups is 1. The Balaban J connectivity index is 2.29. The first-order valence-electron chi connectivity index (χ1n) is 7.34. The van der Waals surface area contributed by atoms with E-state index in [0.29, 0.717) is 6.42 Å². The van der Waals surface area contributed by atoms with Gasteiger partial charge in [0.1, 0.15) is 11.4 Å². The molecule has 1 aromatic heterocycles. The molecule has 0 aliphatic heterocycles. The number of hydrogen-bond donors (Lipinski definition) is 2. The van der Waals surface area contributed by atoms with E-state index in [9.17, 15) is 9.90 Å². The van der Waals surface area contributed by atoms with Gasteiger partial charge in [0, 0.05) is 18.2 Å². The highest BCUT2D eigenvalue weighted by molar-refractivity contribution is 8.00. The smallest absolute Gasteiger partial charge is 0.323 e. The summed E-state index contributed by atoms with van der Waals surface area (Å²) >= 11 is 3.15. The first-order chi connectivity index (χ1) is 9.87. The normalized spacial score (nSPS) is 14.3. The molecule has 0 saturated carbocycles. The lowest BCUT2D eigenvalue weighted by molar-refractivity contribution is -0.144.